The third kappa shape index (κ3) is 3.01. The predicted octanol–water partition coefficient (Wildman–Crippen LogP) is 3.51. The minimum atomic E-state index is 0.0182. The van der Waals surface area contributed by atoms with E-state index >= 15 is 0 Å². The average Bonchev–Trinajstić information content (AvgIpc) is 3.24. The van der Waals surface area contributed by atoms with Crippen LogP contribution in [-0.4, -0.2) is 31.7 Å². The summed E-state index contributed by atoms with van der Waals surface area (Å²) in [6, 6.07) is 17.7. The monoisotopic (exact) mass is 349 g/mol. The third-order valence-electron chi connectivity index (χ3n) is 3.86. The van der Waals surface area contributed by atoms with Gasteiger partial charge in [-0.15, -0.1) is 5.10 Å². The summed E-state index contributed by atoms with van der Waals surface area (Å²) in [4.78, 5) is 20.4. The molecule has 0 radical (unpaired) electrons. The van der Waals surface area contributed by atoms with Crippen molar-refractivity contribution in [3.8, 4) is 11.3 Å². The van der Waals surface area contributed by atoms with Crippen molar-refractivity contribution >= 4 is 34.4 Å². The number of nitrogens with zero attached hydrogens (tertiary/aromatic N) is 2. The van der Waals surface area contributed by atoms with Crippen LogP contribution in [0.3, 0.4) is 0 Å². The van der Waals surface area contributed by atoms with Gasteiger partial charge in [-0.3, -0.25) is 4.79 Å². The zero-order chi connectivity index (χ0) is 17.2. The number of anilines is 1. The largest absolute Gasteiger partial charge is 0.368 e. The van der Waals surface area contributed by atoms with Gasteiger partial charge in [0.05, 0.1) is 17.0 Å². The highest BCUT2D eigenvalue weighted by molar-refractivity contribution is 7.99. The van der Waals surface area contributed by atoms with Crippen LogP contribution in [0.15, 0.2) is 59.8 Å². The molecule has 2 heterocycles. The Hall–Kier alpha value is -3.06. The van der Waals surface area contributed by atoms with Gasteiger partial charge in [0, 0.05) is 10.9 Å². The standard InChI is InChI=1S/C18H15N5OS/c19-17-21-18(23-22-17)25-10-14(24)15-12-8-4-5-9-13(12)20-16(15)11-6-2-1-3-7-11/h1-9,20H,10H2,(H3,19,21,22,23). The second-order valence-corrected chi connectivity index (χ2v) is 6.44. The lowest BCUT2D eigenvalue weighted by atomic mass is 10.0. The molecule has 4 N–H and O–H groups in total. The Morgan fingerprint density at radius 3 is 2.60 bits per heavy atom. The molecule has 0 aliphatic heterocycles. The smallest absolute Gasteiger partial charge is 0.216 e. The van der Waals surface area contributed by atoms with Gasteiger partial charge in [-0.2, -0.15) is 4.98 Å². The highest BCUT2D eigenvalue weighted by Crippen LogP contribution is 2.31. The quantitative estimate of drug-likeness (QED) is 0.378. The number of Topliss-reactive ketones (excluding diaryl/α,β-unsaturated/α-hetero) is 1. The van der Waals surface area contributed by atoms with Crippen molar-refractivity contribution in [3.05, 3.63) is 60.2 Å². The van der Waals surface area contributed by atoms with E-state index in [1.807, 2.05) is 54.6 Å². The average molecular weight is 349 g/mol. The van der Waals surface area contributed by atoms with Crippen LogP contribution in [0.1, 0.15) is 10.4 Å². The van der Waals surface area contributed by atoms with E-state index in [0.717, 1.165) is 22.2 Å². The van der Waals surface area contributed by atoms with Gasteiger partial charge in [0.15, 0.2) is 5.78 Å². The van der Waals surface area contributed by atoms with Crippen LogP contribution >= 0.6 is 11.8 Å². The van der Waals surface area contributed by atoms with Gasteiger partial charge < -0.3 is 10.7 Å². The summed E-state index contributed by atoms with van der Waals surface area (Å²) < 4.78 is 0. The molecule has 0 fully saturated rings. The number of fused-ring (bicyclic) bond motifs is 1. The summed E-state index contributed by atoms with van der Waals surface area (Å²) in [7, 11) is 0. The number of thioether (sulfide) groups is 1. The molecule has 4 aromatic rings. The second-order valence-electron chi connectivity index (χ2n) is 5.50. The maximum atomic E-state index is 13.0. The fourth-order valence-corrected chi connectivity index (χ4v) is 3.46. The molecule has 25 heavy (non-hydrogen) atoms. The molecule has 0 unspecified atom stereocenters. The maximum absolute atomic E-state index is 13.0. The van der Waals surface area contributed by atoms with Crippen LogP contribution in [0.25, 0.3) is 22.2 Å². The van der Waals surface area contributed by atoms with Gasteiger partial charge in [-0.05, 0) is 11.6 Å². The van der Waals surface area contributed by atoms with E-state index in [9.17, 15) is 4.79 Å². The molecule has 4 rings (SSSR count). The van der Waals surface area contributed by atoms with E-state index in [2.05, 4.69) is 20.2 Å². The molecule has 7 heteroatoms. The molecule has 6 nitrogen and oxygen atoms in total. The molecule has 0 amide bonds. The fourth-order valence-electron chi connectivity index (χ4n) is 2.78. The Kier molecular flexibility index (Phi) is 3.99. The number of aromatic amines is 2. The Bertz CT molecular complexity index is 1040. The van der Waals surface area contributed by atoms with E-state index in [1.54, 1.807) is 0 Å². The van der Waals surface area contributed by atoms with E-state index in [1.165, 1.54) is 11.8 Å². The molecule has 124 valence electrons. The molecule has 0 aliphatic carbocycles. The lowest BCUT2D eigenvalue weighted by Gasteiger charge is -2.04. The number of hydrogen-bond acceptors (Lipinski definition) is 5. The Labute approximate surface area is 147 Å². The maximum Gasteiger partial charge on any atom is 0.216 e. The van der Waals surface area contributed by atoms with Crippen LogP contribution in [0.2, 0.25) is 0 Å². The fraction of sp³-hybridized carbons (Fsp3) is 0.0556. The van der Waals surface area contributed by atoms with E-state index in [0.29, 0.717) is 10.7 Å². The zero-order valence-corrected chi connectivity index (χ0v) is 14.0. The Balaban J connectivity index is 1.73. The number of carbonyl (C=O) groups is 1. The highest BCUT2D eigenvalue weighted by Gasteiger charge is 2.20. The van der Waals surface area contributed by atoms with Gasteiger partial charge in [0.25, 0.3) is 0 Å². The molecule has 2 aromatic heterocycles. The number of aromatic nitrogens is 4. The summed E-state index contributed by atoms with van der Waals surface area (Å²) in [6.45, 7) is 0. The van der Waals surface area contributed by atoms with E-state index in [-0.39, 0.29) is 17.5 Å². The van der Waals surface area contributed by atoms with Gasteiger partial charge in [-0.25, -0.2) is 5.10 Å². The number of nitrogen functional groups attached to an aromatic ring is 1. The van der Waals surface area contributed by atoms with Crippen molar-refractivity contribution in [2.45, 2.75) is 5.16 Å². The number of nitrogens with two attached hydrogens (primary N) is 1. The molecule has 0 atom stereocenters. The van der Waals surface area contributed by atoms with Crippen molar-refractivity contribution in [3.63, 3.8) is 0 Å². The molecule has 2 aromatic carbocycles. The van der Waals surface area contributed by atoms with Gasteiger partial charge in [0.2, 0.25) is 11.1 Å². The van der Waals surface area contributed by atoms with E-state index < -0.39 is 0 Å². The number of ketones is 1. The third-order valence-corrected chi connectivity index (χ3v) is 4.71. The van der Waals surface area contributed by atoms with Crippen molar-refractivity contribution < 1.29 is 4.79 Å². The van der Waals surface area contributed by atoms with Crippen LogP contribution in [0.4, 0.5) is 5.95 Å². The summed E-state index contributed by atoms with van der Waals surface area (Å²) in [6.07, 6.45) is 0. The normalized spacial score (nSPS) is 11.0. The highest BCUT2D eigenvalue weighted by atomic mass is 32.2. The molecule has 0 saturated heterocycles. The van der Waals surface area contributed by atoms with Gasteiger partial charge >= 0.3 is 0 Å². The first-order valence-electron chi connectivity index (χ1n) is 7.72. The predicted molar refractivity (Wildman–Crippen MR) is 99.6 cm³/mol. The van der Waals surface area contributed by atoms with Crippen LogP contribution in [-0.2, 0) is 0 Å². The Morgan fingerprint density at radius 2 is 1.84 bits per heavy atom. The van der Waals surface area contributed by atoms with Crippen LogP contribution in [0, 0.1) is 0 Å². The summed E-state index contributed by atoms with van der Waals surface area (Å²) in [5.74, 6) is 0.496. The topological polar surface area (TPSA) is 100 Å². The number of hydrogen-bond donors (Lipinski definition) is 3. The first-order valence-corrected chi connectivity index (χ1v) is 8.71. The number of carbonyl (C=O) groups excluding carboxylic acids is 1. The van der Waals surface area contributed by atoms with E-state index in [4.69, 9.17) is 5.73 Å². The van der Waals surface area contributed by atoms with Crippen LogP contribution in [0.5, 0.6) is 0 Å². The molecule has 0 saturated carbocycles. The summed E-state index contributed by atoms with van der Waals surface area (Å²) in [5.41, 5.74) is 8.97. The number of nitrogens with one attached hydrogen (secondary N) is 2. The lowest BCUT2D eigenvalue weighted by Crippen LogP contribution is -2.04. The molecular weight excluding hydrogens is 334 g/mol. The molecule has 0 aliphatic rings. The SMILES string of the molecule is Nc1nc(SCC(=O)c2c(-c3ccccc3)[nH]c3ccccc23)n[nH]1. The number of H-pyrrole nitrogens is 2. The lowest BCUT2D eigenvalue weighted by molar-refractivity contribution is 0.102. The van der Waals surface area contributed by atoms with Crippen LogP contribution < -0.4 is 5.73 Å². The summed E-state index contributed by atoms with van der Waals surface area (Å²) in [5, 5.41) is 7.91. The first kappa shape index (κ1) is 15.5. The Morgan fingerprint density at radius 1 is 1.08 bits per heavy atom. The zero-order valence-electron chi connectivity index (χ0n) is 13.2. The van der Waals surface area contributed by atoms with Gasteiger partial charge in [0.1, 0.15) is 0 Å². The van der Waals surface area contributed by atoms with Crippen molar-refractivity contribution in [1.82, 2.24) is 20.2 Å². The van der Waals surface area contributed by atoms with Gasteiger partial charge in [-0.1, -0.05) is 60.3 Å². The molecule has 0 bridgehead atoms. The number of rotatable bonds is 5. The summed E-state index contributed by atoms with van der Waals surface area (Å²) >= 11 is 1.26. The number of benzene rings is 2. The minimum Gasteiger partial charge on any atom is -0.368 e. The number of para-hydroxylation sites is 1. The first-order chi connectivity index (χ1) is 12.2. The minimum absolute atomic E-state index is 0.0182. The second kappa shape index (κ2) is 6.45. The molecular formula is C18H15N5OS. The molecule has 0 spiro atoms. The van der Waals surface area contributed by atoms with Crippen molar-refractivity contribution in [2.75, 3.05) is 11.5 Å². The van der Waals surface area contributed by atoms with Crippen molar-refractivity contribution in [2.24, 2.45) is 0 Å². The van der Waals surface area contributed by atoms with Crippen molar-refractivity contribution in [1.29, 1.82) is 0 Å².